The third kappa shape index (κ3) is 4.11. The molecule has 1 atom stereocenters. The van der Waals surface area contributed by atoms with E-state index in [1.54, 1.807) is 6.21 Å². The number of nitrogens with zero attached hydrogens (tertiary/aromatic N) is 2. The lowest BCUT2D eigenvalue weighted by Gasteiger charge is -2.12. The van der Waals surface area contributed by atoms with Crippen LogP contribution in [0.1, 0.15) is 34.1 Å². The normalized spacial score (nSPS) is 15.9. The van der Waals surface area contributed by atoms with Gasteiger partial charge in [0.05, 0.1) is 11.8 Å². The molecule has 0 aliphatic heterocycles. The first-order chi connectivity index (χ1) is 5.61. The van der Waals surface area contributed by atoms with Crippen molar-refractivity contribution in [3.8, 4) is 0 Å². The van der Waals surface area contributed by atoms with Gasteiger partial charge in [-0.25, -0.2) is 0 Å². The first-order valence-corrected chi connectivity index (χ1v) is 4.39. The van der Waals surface area contributed by atoms with Gasteiger partial charge in [-0.2, -0.15) is 5.10 Å². The number of hydrazone groups is 1. The van der Waals surface area contributed by atoms with Crippen molar-refractivity contribution in [1.29, 1.82) is 0 Å². The zero-order valence-electron chi connectivity index (χ0n) is 8.41. The molecule has 0 radical (unpaired) electrons. The Kier molecular flexibility index (Phi) is 5.34. The Balaban J connectivity index is 4.10. The Morgan fingerprint density at radius 3 is 2.42 bits per heavy atom. The number of aliphatic imine (C=N–C) groups is 1. The van der Waals surface area contributed by atoms with E-state index in [0.29, 0.717) is 12.0 Å². The van der Waals surface area contributed by atoms with Crippen LogP contribution in [0.15, 0.2) is 10.1 Å². The first-order valence-electron chi connectivity index (χ1n) is 4.39. The summed E-state index contributed by atoms with van der Waals surface area (Å²) in [5, 5.41) is 3.52. The highest BCUT2D eigenvalue weighted by molar-refractivity contribution is 6.29. The van der Waals surface area contributed by atoms with Gasteiger partial charge in [-0.3, -0.25) is 4.99 Å². The van der Waals surface area contributed by atoms with Crippen molar-refractivity contribution in [2.45, 2.75) is 40.2 Å². The smallest absolute Gasteiger partial charge is 0.0747 e. The summed E-state index contributed by atoms with van der Waals surface area (Å²) < 4.78 is 0. The Labute approximate surface area is 74.8 Å². The van der Waals surface area contributed by atoms with Crippen LogP contribution in [-0.4, -0.2) is 18.0 Å². The van der Waals surface area contributed by atoms with Crippen molar-refractivity contribution in [3.63, 3.8) is 0 Å². The molecule has 0 aliphatic rings. The second-order valence-corrected chi connectivity index (χ2v) is 3.27. The molecule has 12 heavy (non-hydrogen) atoms. The van der Waals surface area contributed by atoms with Gasteiger partial charge in [0.2, 0.25) is 0 Å². The fourth-order valence-electron chi connectivity index (χ4n) is 0.986. The topological polar surface area (TPSA) is 50.7 Å². The van der Waals surface area contributed by atoms with Crippen molar-refractivity contribution < 1.29 is 0 Å². The van der Waals surface area contributed by atoms with Gasteiger partial charge in [-0.1, -0.05) is 20.8 Å². The van der Waals surface area contributed by atoms with Crippen LogP contribution in [0.25, 0.3) is 0 Å². The van der Waals surface area contributed by atoms with Crippen LogP contribution in [0.2, 0.25) is 0 Å². The van der Waals surface area contributed by atoms with Gasteiger partial charge < -0.3 is 5.84 Å². The summed E-state index contributed by atoms with van der Waals surface area (Å²) >= 11 is 0. The Morgan fingerprint density at radius 1 is 1.50 bits per heavy atom. The molecule has 1 unspecified atom stereocenters. The molecule has 0 aromatic carbocycles. The van der Waals surface area contributed by atoms with Crippen molar-refractivity contribution >= 4 is 11.9 Å². The van der Waals surface area contributed by atoms with Crippen LogP contribution in [0.3, 0.4) is 0 Å². The van der Waals surface area contributed by atoms with Crippen molar-refractivity contribution in [2.75, 3.05) is 0 Å². The van der Waals surface area contributed by atoms with Crippen molar-refractivity contribution in [3.05, 3.63) is 0 Å². The SMILES string of the molecule is CCC(/N=C\C(C)=N/N)C(C)C. The molecule has 0 aliphatic carbocycles. The standard InChI is InChI=1S/C9H19N3/c1-5-9(7(2)3)11-6-8(4)12-10/h6-7,9H,5,10H2,1-4H3/b11-6-,12-8-. The molecule has 2 N–H and O–H groups in total. The average molecular weight is 169 g/mol. The lowest BCUT2D eigenvalue weighted by Crippen LogP contribution is -2.12. The third-order valence-electron chi connectivity index (χ3n) is 1.84. The highest BCUT2D eigenvalue weighted by atomic mass is 15.1. The van der Waals surface area contributed by atoms with E-state index in [2.05, 4.69) is 30.9 Å². The predicted molar refractivity (Wildman–Crippen MR) is 54.7 cm³/mol. The average Bonchev–Trinajstić information content (AvgIpc) is 2.04. The van der Waals surface area contributed by atoms with E-state index in [9.17, 15) is 0 Å². The van der Waals surface area contributed by atoms with Gasteiger partial charge in [0.25, 0.3) is 0 Å². The molecule has 0 bridgehead atoms. The summed E-state index contributed by atoms with van der Waals surface area (Å²) in [5.74, 6) is 5.65. The zero-order chi connectivity index (χ0) is 9.56. The molecule has 3 nitrogen and oxygen atoms in total. The fraction of sp³-hybridized carbons (Fsp3) is 0.778. The van der Waals surface area contributed by atoms with E-state index >= 15 is 0 Å². The molecular weight excluding hydrogens is 150 g/mol. The van der Waals surface area contributed by atoms with Crippen LogP contribution in [0.4, 0.5) is 0 Å². The second-order valence-electron chi connectivity index (χ2n) is 3.27. The number of hydrogen-bond donors (Lipinski definition) is 1. The maximum atomic E-state index is 5.07. The lowest BCUT2D eigenvalue weighted by molar-refractivity contribution is 0.485. The predicted octanol–water partition coefficient (Wildman–Crippen LogP) is 1.83. The molecule has 3 heteroatoms. The summed E-state index contributed by atoms with van der Waals surface area (Å²) in [4.78, 5) is 4.38. The minimum Gasteiger partial charge on any atom is -0.323 e. The molecule has 0 saturated carbocycles. The summed E-state index contributed by atoms with van der Waals surface area (Å²) in [5.41, 5.74) is 0.772. The molecule has 0 spiro atoms. The summed E-state index contributed by atoms with van der Waals surface area (Å²) in [7, 11) is 0. The summed E-state index contributed by atoms with van der Waals surface area (Å²) in [6.45, 7) is 8.31. The fourth-order valence-corrected chi connectivity index (χ4v) is 0.986. The molecule has 0 aromatic rings. The lowest BCUT2D eigenvalue weighted by atomic mass is 10.0. The largest absolute Gasteiger partial charge is 0.323 e. The number of hydrogen-bond acceptors (Lipinski definition) is 3. The molecular formula is C9H19N3. The van der Waals surface area contributed by atoms with Crippen molar-refractivity contribution in [1.82, 2.24) is 0 Å². The Bertz CT molecular complexity index is 171. The molecule has 0 fully saturated rings. The maximum absolute atomic E-state index is 5.07. The molecule has 0 amide bonds. The van der Waals surface area contributed by atoms with Gasteiger partial charge in [-0.05, 0) is 19.3 Å². The van der Waals surface area contributed by atoms with Crippen molar-refractivity contribution in [2.24, 2.45) is 21.9 Å². The van der Waals surface area contributed by atoms with E-state index in [1.807, 2.05) is 6.92 Å². The van der Waals surface area contributed by atoms with Crippen LogP contribution < -0.4 is 5.84 Å². The minimum absolute atomic E-state index is 0.390. The van der Waals surface area contributed by atoms with Gasteiger partial charge in [0.1, 0.15) is 0 Å². The van der Waals surface area contributed by atoms with Crippen LogP contribution in [0, 0.1) is 5.92 Å². The number of nitrogens with two attached hydrogens (primary N) is 1. The second kappa shape index (κ2) is 5.75. The summed E-state index contributed by atoms with van der Waals surface area (Å²) in [6, 6.07) is 0.390. The minimum atomic E-state index is 0.390. The highest BCUT2D eigenvalue weighted by Gasteiger charge is 2.07. The highest BCUT2D eigenvalue weighted by Crippen LogP contribution is 2.08. The summed E-state index contributed by atoms with van der Waals surface area (Å²) in [6.07, 6.45) is 2.81. The quantitative estimate of drug-likeness (QED) is 0.389. The van der Waals surface area contributed by atoms with Gasteiger partial charge >= 0.3 is 0 Å². The van der Waals surface area contributed by atoms with Gasteiger partial charge in [-0.15, -0.1) is 0 Å². The zero-order valence-corrected chi connectivity index (χ0v) is 8.41. The number of rotatable bonds is 4. The Hall–Kier alpha value is -0.860. The van der Waals surface area contributed by atoms with Crippen LogP contribution in [-0.2, 0) is 0 Å². The molecule has 0 aromatic heterocycles. The van der Waals surface area contributed by atoms with Gasteiger partial charge in [0, 0.05) is 6.21 Å². The van der Waals surface area contributed by atoms with E-state index in [-0.39, 0.29) is 0 Å². The van der Waals surface area contributed by atoms with E-state index in [0.717, 1.165) is 12.1 Å². The molecule has 0 saturated heterocycles. The first kappa shape index (κ1) is 11.1. The van der Waals surface area contributed by atoms with E-state index in [4.69, 9.17) is 5.84 Å². The van der Waals surface area contributed by atoms with Gasteiger partial charge in [0.15, 0.2) is 0 Å². The molecule has 0 heterocycles. The monoisotopic (exact) mass is 169 g/mol. The van der Waals surface area contributed by atoms with Crippen LogP contribution in [0.5, 0.6) is 0 Å². The van der Waals surface area contributed by atoms with E-state index < -0.39 is 0 Å². The Morgan fingerprint density at radius 2 is 2.08 bits per heavy atom. The molecule has 0 rings (SSSR count). The van der Waals surface area contributed by atoms with Crippen LogP contribution >= 0.6 is 0 Å². The van der Waals surface area contributed by atoms with E-state index in [1.165, 1.54) is 0 Å². The molecule has 70 valence electrons. The maximum Gasteiger partial charge on any atom is 0.0747 e. The third-order valence-corrected chi connectivity index (χ3v) is 1.84.